The maximum atomic E-state index is 13.6. The largest absolute Gasteiger partial charge is 0.497 e. The third kappa shape index (κ3) is 5.20. The van der Waals surface area contributed by atoms with Crippen molar-refractivity contribution < 1.29 is 13.9 Å². The summed E-state index contributed by atoms with van der Waals surface area (Å²) in [6, 6.07) is 12.1. The monoisotopic (exact) mass is 418 g/mol. The maximum Gasteiger partial charge on any atom is 0.237 e. The van der Waals surface area contributed by atoms with Crippen LogP contribution in [-0.4, -0.2) is 28.5 Å². The first kappa shape index (κ1) is 20.1. The molecular formula is C19H19FN4O2S2. The zero-order valence-electron chi connectivity index (χ0n) is 15.5. The normalized spacial score (nSPS) is 11.7. The number of aryl methyl sites for hydroxylation is 1. The van der Waals surface area contributed by atoms with Gasteiger partial charge < -0.3 is 15.4 Å². The number of anilines is 3. The van der Waals surface area contributed by atoms with Crippen molar-refractivity contribution >= 4 is 45.5 Å². The van der Waals surface area contributed by atoms with Crippen molar-refractivity contribution in [2.75, 3.05) is 17.7 Å². The predicted molar refractivity (Wildman–Crippen MR) is 111 cm³/mol. The van der Waals surface area contributed by atoms with E-state index >= 15 is 0 Å². The number of rotatable bonds is 7. The van der Waals surface area contributed by atoms with Gasteiger partial charge in [0.25, 0.3) is 0 Å². The summed E-state index contributed by atoms with van der Waals surface area (Å²) < 4.78 is 19.4. The number of amides is 1. The van der Waals surface area contributed by atoms with Gasteiger partial charge in [-0.25, -0.2) is 4.39 Å². The van der Waals surface area contributed by atoms with E-state index in [4.69, 9.17) is 4.74 Å². The molecule has 1 heterocycles. The van der Waals surface area contributed by atoms with Gasteiger partial charge in [-0.05, 0) is 55.8 Å². The third-order valence-electron chi connectivity index (χ3n) is 3.83. The molecule has 0 radical (unpaired) electrons. The second-order valence-electron chi connectivity index (χ2n) is 5.94. The number of nitrogens with zero attached hydrogens (tertiary/aromatic N) is 2. The first-order valence-corrected chi connectivity index (χ1v) is 10.1. The highest BCUT2D eigenvalue weighted by molar-refractivity contribution is 8.02. The minimum Gasteiger partial charge on any atom is -0.497 e. The molecule has 0 aliphatic carbocycles. The first-order valence-electron chi connectivity index (χ1n) is 8.43. The summed E-state index contributed by atoms with van der Waals surface area (Å²) >= 11 is 2.65. The third-order valence-corrected chi connectivity index (χ3v) is 5.86. The van der Waals surface area contributed by atoms with Gasteiger partial charge in [0, 0.05) is 11.4 Å². The number of hydrogen-bond acceptors (Lipinski definition) is 7. The fourth-order valence-corrected chi connectivity index (χ4v) is 4.14. The number of carbonyl (C=O) groups is 1. The molecule has 0 saturated carbocycles. The quantitative estimate of drug-likeness (QED) is 0.534. The van der Waals surface area contributed by atoms with E-state index < -0.39 is 5.25 Å². The van der Waals surface area contributed by atoms with E-state index in [2.05, 4.69) is 20.8 Å². The fraction of sp³-hybridized carbons (Fsp3) is 0.211. The highest BCUT2D eigenvalue weighted by Gasteiger charge is 2.18. The molecule has 0 fully saturated rings. The Bertz CT molecular complexity index is 963. The second-order valence-corrected chi connectivity index (χ2v) is 8.51. The molecule has 0 aliphatic heterocycles. The predicted octanol–water partition coefficient (Wildman–Crippen LogP) is 4.86. The number of aromatic nitrogens is 2. The Kier molecular flexibility index (Phi) is 6.48. The van der Waals surface area contributed by atoms with Crippen LogP contribution in [-0.2, 0) is 4.79 Å². The highest BCUT2D eigenvalue weighted by atomic mass is 32.2. The molecule has 1 aromatic heterocycles. The molecule has 3 aromatic rings. The number of carbonyl (C=O) groups excluding carboxylic acids is 1. The van der Waals surface area contributed by atoms with Crippen molar-refractivity contribution in [1.82, 2.24) is 10.2 Å². The minimum atomic E-state index is -0.411. The second kappa shape index (κ2) is 9.03. The number of nitrogens with one attached hydrogen (secondary N) is 2. The van der Waals surface area contributed by atoms with Gasteiger partial charge in [-0.2, -0.15) is 0 Å². The summed E-state index contributed by atoms with van der Waals surface area (Å²) in [5.74, 6) is 0.192. The van der Waals surface area contributed by atoms with Gasteiger partial charge in [0.05, 0.1) is 12.4 Å². The number of methoxy groups -OCH3 is 1. The molecule has 6 nitrogen and oxygen atoms in total. The van der Waals surface area contributed by atoms with Gasteiger partial charge in [-0.3, -0.25) is 4.79 Å². The van der Waals surface area contributed by atoms with Crippen molar-refractivity contribution in [1.29, 1.82) is 0 Å². The molecule has 3 rings (SSSR count). The van der Waals surface area contributed by atoms with Crippen LogP contribution in [0.4, 0.5) is 20.9 Å². The van der Waals surface area contributed by atoms with Crippen LogP contribution in [0.25, 0.3) is 0 Å². The summed E-state index contributed by atoms with van der Waals surface area (Å²) in [7, 11) is 1.61. The number of ether oxygens (including phenoxy) is 1. The van der Waals surface area contributed by atoms with Crippen LogP contribution in [0.3, 0.4) is 0 Å². The average molecular weight is 419 g/mol. The smallest absolute Gasteiger partial charge is 0.237 e. The molecule has 1 atom stereocenters. The Morgan fingerprint density at radius 1 is 1.18 bits per heavy atom. The summed E-state index contributed by atoms with van der Waals surface area (Å²) in [5.41, 5.74) is 1.83. The minimum absolute atomic E-state index is 0.229. The van der Waals surface area contributed by atoms with Gasteiger partial charge in [0.2, 0.25) is 11.0 Å². The van der Waals surface area contributed by atoms with Crippen LogP contribution in [0, 0.1) is 12.7 Å². The Morgan fingerprint density at radius 2 is 1.89 bits per heavy atom. The molecule has 9 heteroatoms. The molecule has 0 spiro atoms. The van der Waals surface area contributed by atoms with Crippen LogP contribution in [0.5, 0.6) is 5.75 Å². The van der Waals surface area contributed by atoms with Crippen LogP contribution in [0.1, 0.15) is 12.5 Å². The van der Waals surface area contributed by atoms with Crippen molar-refractivity contribution in [3.05, 3.63) is 53.8 Å². The molecular weight excluding hydrogens is 399 g/mol. The molecule has 0 bridgehead atoms. The summed E-state index contributed by atoms with van der Waals surface area (Å²) in [6.07, 6.45) is 0. The van der Waals surface area contributed by atoms with Crippen molar-refractivity contribution in [2.45, 2.75) is 23.4 Å². The van der Waals surface area contributed by atoms with Gasteiger partial charge in [-0.15, -0.1) is 10.2 Å². The molecule has 2 aromatic carbocycles. The standard InChI is InChI=1S/C19H19FN4O2S2/c1-11-4-5-14(10-16(11)20)21-17(25)12(2)27-19-24-23-18(28-19)22-13-6-8-15(26-3)9-7-13/h4-10,12H,1-3H3,(H,21,25)(H,22,23)/t12-/m0/s1. The number of halogens is 1. The molecule has 2 N–H and O–H groups in total. The Morgan fingerprint density at radius 3 is 2.57 bits per heavy atom. The molecule has 0 aliphatic rings. The SMILES string of the molecule is COc1ccc(Nc2nnc(S[C@@H](C)C(=O)Nc3ccc(C)c(F)c3)s2)cc1. The van der Waals surface area contributed by atoms with Crippen molar-refractivity contribution in [3.8, 4) is 5.75 Å². The van der Waals surface area contributed by atoms with Crippen LogP contribution in [0.2, 0.25) is 0 Å². The first-order chi connectivity index (χ1) is 13.4. The van der Waals surface area contributed by atoms with E-state index in [1.54, 1.807) is 33.1 Å². The summed E-state index contributed by atoms with van der Waals surface area (Å²) in [5, 5.41) is 14.3. The maximum absolute atomic E-state index is 13.6. The Balaban J connectivity index is 1.57. The molecule has 146 valence electrons. The lowest BCUT2D eigenvalue weighted by atomic mass is 10.2. The van der Waals surface area contributed by atoms with Crippen LogP contribution < -0.4 is 15.4 Å². The van der Waals surface area contributed by atoms with Crippen molar-refractivity contribution in [2.24, 2.45) is 0 Å². The van der Waals surface area contributed by atoms with E-state index in [1.807, 2.05) is 24.3 Å². The fourth-order valence-electron chi connectivity index (χ4n) is 2.22. The average Bonchev–Trinajstić information content (AvgIpc) is 3.12. The van der Waals surface area contributed by atoms with Gasteiger partial charge in [0.1, 0.15) is 11.6 Å². The van der Waals surface area contributed by atoms with Crippen LogP contribution >= 0.6 is 23.1 Å². The lowest BCUT2D eigenvalue weighted by molar-refractivity contribution is -0.115. The zero-order chi connectivity index (χ0) is 20.1. The van der Waals surface area contributed by atoms with Crippen LogP contribution in [0.15, 0.2) is 46.8 Å². The number of hydrogen-bond donors (Lipinski definition) is 2. The van der Waals surface area contributed by atoms with E-state index in [-0.39, 0.29) is 11.7 Å². The van der Waals surface area contributed by atoms with Gasteiger partial charge in [0.15, 0.2) is 4.34 Å². The highest BCUT2D eigenvalue weighted by Crippen LogP contribution is 2.31. The molecule has 0 unspecified atom stereocenters. The molecule has 0 saturated heterocycles. The van der Waals surface area contributed by atoms with Gasteiger partial charge >= 0.3 is 0 Å². The zero-order valence-corrected chi connectivity index (χ0v) is 17.2. The molecule has 1 amide bonds. The molecule has 28 heavy (non-hydrogen) atoms. The Labute approximate surface area is 170 Å². The van der Waals surface area contributed by atoms with E-state index in [1.165, 1.54) is 29.2 Å². The topological polar surface area (TPSA) is 76.1 Å². The lowest BCUT2D eigenvalue weighted by Gasteiger charge is -2.10. The Hall–Kier alpha value is -2.65. The van der Waals surface area contributed by atoms with E-state index in [9.17, 15) is 9.18 Å². The van der Waals surface area contributed by atoms with Crippen molar-refractivity contribution in [3.63, 3.8) is 0 Å². The van der Waals surface area contributed by atoms with E-state index in [0.29, 0.717) is 20.7 Å². The number of thioether (sulfide) groups is 1. The summed E-state index contributed by atoms with van der Waals surface area (Å²) in [6.45, 7) is 3.44. The van der Waals surface area contributed by atoms with Gasteiger partial charge in [-0.1, -0.05) is 29.2 Å². The number of benzene rings is 2. The lowest BCUT2D eigenvalue weighted by Crippen LogP contribution is -2.22. The summed E-state index contributed by atoms with van der Waals surface area (Å²) in [4.78, 5) is 12.3. The van der Waals surface area contributed by atoms with E-state index in [0.717, 1.165) is 11.4 Å².